The molecule has 1 aliphatic heterocycles. The first-order valence-corrected chi connectivity index (χ1v) is 13.0. The Balaban J connectivity index is 1.29. The number of hydrogen-bond donors (Lipinski definition) is 1. The van der Waals surface area contributed by atoms with Gasteiger partial charge in [-0.2, -0.15) is 0 Å². The van der Waals surface area contributed by atoms with Crippen molar-refractivity contribution in [2.75, 3.05) is 4.90 Å². The van der Waals surface area contributed by atoms with Crippen LogP contribution in [0.25, 0.3) is 6.08 Å². The van der Waals surface area contributed by atoms with Crippen molar-refractivity contribution in [3.63, 3.8) is 0 Å². The number of halogens is 2. The van der Waals surface area contributed by atoms with Crippen LogP contribution >= 0.6 is 23.2 Å². The molecule has 0 unspecified atom stereocenters. The molecule has 9 heteroatoms. The van der Waals surface area contributed by atoms with Crippen molar-refractivity contribution >= 4 is 52.8 Å². The number of carbonyl (C=O) groups excluding carboxylic acids is 3. The molecular formula is C31H22Cl2N2O5. The minimum Gasteiger partial charge on any atom is -0.489 e. The third-order valence-corrected chi connectivity index (χ3v) is 6.57. The van der Waals surface area contributed by atoms with Gasteiger partial charge in [-0.05, 0) is 71.3 Å². The fourth-order valence-electron chi connectivity index (χ4n) is 3.96. The van der Waals surface area contributed by atoms with Crippen molar-refractivity contribution in [1.29, 1.82) is 0 Å². The van der Waals surface area contributed by atoms with E-state index in [2.05, 4.69) is 5.32 Å². The number of urea groups is 1. The zero-order valence-corrected chi connectivity index (χ0v) is 22.5. The van der Waals surface area contributed by atoms with Crippen LogP contribution in [0.4, 0.5) is 10.5 Å². The monoisotopic (exact) mass is 572 g/mol. The van der Waals surface area contributed by atoms with Gasteiger partial charge in [0.25, 0.3) is 11.8 Å². The number of amides is 4. The van der Waals surface area contributed by atoms with E-state index in [0.29, 0.717) is 33.7 Å². The minimum absolute atomic E-state index is 0.213. The van der Waals surface area contributed by atoms with E-state index >= 15 is 0 Å². The maximum absolute atomic E-state index is 13.3. The molecule has 4 aromatic rings. The van der Waals surface area contributed by atoms with E-state index in [9.17, 15) is 14.4 Å². The van der Waals surface area contributed by atoms with Crippen LogP contribution in [-0.2, 0) is 22.8 Å². The molecule has 1 aliphatic rings. The largest absolute Gasteiger partial charge is 0.489 e. The van der Waals surface area contributed by atoms with Crippen molar-refractivity contribution in [3.8, 4) is 11.5 Å². The van der Waals surface area contributed by atoms with E-state index in [-0.39, 0.29) is 17.9 Å². The summed E-state index contributed by atoms with van der Waals surface area (Å²) in [4.78, 5) is 39.3. The lowest BCUT2D eigenvalue weighted by Crippen LogP contribution is -2.54. The predicted molar refractivity (Wildman–Crippen MR) is 153 cm³/mol. The van der Waals surface area contributed by atoms with Crippen molar-refractivity contribution in [1.82, 2.24) is 5.32 Å². The standard InChI is InChI=1S/C31H22Cl2N2O5/c32-23-9-6-21(7-10-23)19-40-28-15-8-22(17-27(28)33)16-26-29(36)34-31(38)35(30(26)37)24-11-13-25(14-12-24)39-18-20-4-2-1-3-5-20/h1-17H,18-19H2,(H,34,36,38)/b26-16+. The van der Waals surface area contributed by atoms with Gasteiger partial charge in [0, 0.05) is 5.02 Å². The summed E-state index contributed by atoms with van der Waals surface area (Å²) in [5.41, 5.74) is 2.48. The van der Waals surface area contributed by atoms with E-state index in [1.807, 2.05) is 42.5 Å². The number of imide groups is 2. The quantitative estimate of drug-likeness (QED) is 0.185. The van der Waals surface area contributed by atoms with Crippen LogP contribution in [-0.4, -0.2) is 17.8 Å². The molecule has 7 nitrogen and oxygen atoms in total. The van der Waals surface area contributed by atoms with Gasteiger partial charge in [-0.25, -0.2) is 9.69 Å². The Bertz CT molecular complexity index is 1590. The lowest BCUT2D eigenvalue weighted by Gasteiger charge is -2.26. The van der Waals surface area contributed by atoms with Gasteiger partial charge in [0.1, 0.15) is 30.3 Å². The van der Waals surface area contributed by atoms with Crippen LogP contribution < -0.4 is 19.7 Å². The van der Waals surface area contributed by atoms with Crippen LogP contribution in [0.5, 0.6) is 11.5 Å². The molecule has 0 spiro atoms. The maximum atomic E-state index is 13.3. The summed E-state index contributed by atoms with van der Waals surface area (Å²) in [6, 6.07) is 27.4. The molecule has 200 valence electrons. The number of hydrogen-bond acceptors (Lipinski definition) is 5. The van der Waals surface area contributed by atoms with E-state index in [1.165, 1.54) is 6.08 Å². The molecule has 1 saturated heterocycles. The summed E-state index contributed by atoms with van der Waals surface area (Å²) in [7, 11) is 0. The molecule has 0 radical (unpaired) electrons. The number of barbiturate groups is 1. The van der Waals surface area contributed by atoms with E-state index in [1.54, 1.807) is 54.6 Å². The first-order valence-electron chi connectivity index (χ1n) is 12.2. The highest BCUT2D eigenvalue weighted by Gasteiger charge is 2.36. The fraction of sp³-hybridized carbons (Fsp3) is 0.0645. The molecule has 0 atom stereocenters. The Morgan fingerprint density at radius 3 is 2.12 bits per heavy atom. The molecule has 1 fully saturated rings. The molecule has 0 aromatic heterocycles. The van der Waals surface area contributed by atoms with E-state index in [4.69, 9.17) is 32.7 Å². The number of rotatable bonds is 8. The van der Waals surface area contributed by atoms with E-state index < -0.39 is 17.8 Å². The highest BCUT2D eigenvalue weighted by atomic mass is 35.5. The Kier molecular flexibility index (Phi) is 8.15. The number of ether oxygens (including phenoxy) is 2. The maximum Gasteiger partial charge on any atom is 0.335 e. The number of benzene rings is 4. The number of carbonyl (C=O) groups is 3. The number of nitrogens with one attached hydrogen (secondary N) is 1. The van der Waals surface area contributed by atoms with Crippen molar-refractivity contribution in [2.45, 2.75) is 13.2 Å². The van der Waals surface area contributed by atoms with Crippen LogP contribution in [0.1, 0.15) is 16.7 Å². The zero-order chi connectivity index (χ0) is 28.1. The second kappa shape index (κ2) is 12.1. The average Bonchev–Trinajstić information content (AvgIpc) is 2.96. The minimum atomic E-state index is -0.839. The summed E-state index contributed by atoms with van der Waals surface area (Å²) in [5, 5.41) is 3.15. The Labute approximate surface area is 240 Å². The molecule has 0 aliphatic carbocycles. The third-order valence-electron chi connectivity index (χ3n) is 6.02. The first kappa shape index (κ1) is 27.0. The van der Waals surface area contributed by atoms with Gasteiger partial charge in [0.05, 0.1) is 10.7 Å². The Morgan fingerprint density at radius 1 is 0.750 bits per heavy atom. The van der Waals surface area contributed by atoms with Crippen LogP contribution in [0.2, 0.25) is 10.0 Å². The van der Waals surface area contributed by atoms with E-state index in [0.717, 1.165) is 16.0 Å². The van der Waals surface area contributed by atoms with Crippen LogP contribution in [0.3, 0.4) is 0 Å². The van der Waals surface area contributed by atoms with Crippen LogP contribution in [0, 0.1) is 0 Å². The Morgan fingerprint density at radius 2 is 1.43 bits per heavy atom. The number of nitrogens with zero attached hydrogens (tertiary/aromatic N) is 1. The highest BCUT2D eigenvalue weighted by Crippen LogP contribution is 2.29. The second-order valence-corrected chi connectivity index (χ2v) is 9.67. The molecule has 40 heavy (non-hydrogen) atoms. The lowest BCUT2D eigenvalue weighted by atomic mass is 10.1. The van der Waals surface area contributed by atoms with Gasteiger partial charge in [0.2, 0.25) is 0 Å². The molecular weight excluding hydrogens is 551 g/mol. The molecule has 1 heterocycles. The van der Waals surface area contributed by atoms with Gasteiger partial charge >= 0.3 is 6.03 Å². The van der Waals surface area contributed by atoms with Crippen molar-refractivity contribution in [2.24, 2.45) is 0 Å². The van der Waals surface area contributed by atoms with Gasteiger partial charge < -0.3 is 9.47 Å². The summed E-state index contributed by atoms with van der Waals surface area (Å²) in [6.45, 7) is 0.656. The normalized spacial score (nSPS) is 14.3. The average molecular weight is 573 g/mol. The highest BCUT2D eigenvalue weighted by molar-refractivity contribution is 6.39. The molecule has 4 aromatic carbocycles. The summed E-state index contributed by atoms with van der Waals surface area (Å²) in [6.07, 6.45) is 1.38. The third kappa shape index (κ3) is 6.34. The summed E-state index contributed by atoms with van der Waals surface area (Å²) in [5.74, 6) is -0.555. The topological polar surface area (TPSA) is 84.9 Å². The Hall–Kier alpha value is -4.59. The SMILES string of the molecule is O=C1NC(=O)N(c2ccc(OCc3ccccc3)cc2)C(=O)/C1=C/c1ccc(OCc2ccc(Cl)cc2)c(Cl)c1. The van der Waals surface area contributed by atoms with Gasteiger partial charge in [-0.1, -0.05) is 71.7 Å². The van der Waals surface area contributed by atoms with Crippen LogP contribution in [0.15, 0.2) is 103 Å². The smallest absolute Gasteiger partial charge is 0.335 e. The van der Waals surface area contributed by atoms with Crippen molar-refractivity contribution < 1.29 is 23.9 Å². The summed E-state index contributed by atoms with van der Waals surface area (Å²) < 4.78 is 11.6. The predicted octanol–water partition coefficient (Wildman–Crippen LogP) is 6.82. The molecule has 1 N–H and O–H groups in total. The molecule has 0 bridgehead atoms. The zero-order valence-electron chi connectivity index (χ0n) is 21.0. The van der Waals surface area contributed by atoms with Gasteiger partial charge in [-0.3, -0.25) is 14.9 Å². The summed E-state index contributed by atoms with van der Waals surface area (Å²) >= 11 is 12.3. The first-order chi connectivity index (χ1) is 19.4. The van der Waals surface area contributed by atoms with Gasteiger partial charge in [-0.15, -0.1) is 0 Å². The lowest BCUT2D eigenvalue weighted by molar-refractivity contribution is -0.122. The van der Waals surface area contributed by atoms with Crippen molar-refractivity contribution in [3.05, 3.63) is 129 Å². The molecule has 0 saturated carbocycles. The molecule has 5 rings (SSSR count). The van der Waals surface area contributed by atoms with Gasteiger partial charge in [0.15, 0.2) is 0 Å². The number of anilines is 1. The fourth-order valence-corrected chi connectivity index (χ4v) is 4.33. The molecule has 4 amide bonds. The second-order valence-electron chi connectivity index (χ2n) is 8.83.